The average molecular weight is 162 g/mol. The Bertz CT molecular complexity index is 345. The topological polar surface area (TPSA) is 81.6 Å². The third-order valence-corrected chi connectivity index (χ3v) is 1.32. The van der Waals surface area contributed by atoms with E-state index in [4.69, 9.17) is 5.53 Å². The summed E-state index contributed by atoms with van der Waals surface area (Å²) in [6, 6.07) is 3.40. The molecule has 0 radical (unpaired) electrons. The summed E-state index contributed by atoms with van der Waals surface area (Å²) in [6.07, 6.45) is 1.66. The number of aromatic nitrogens is 1. The summed E-state index contributed by atoms with van der Waals surface area (Å²) in [5.41, 5.74) is 8.70. The highest BCUT2D eigenvalue weighted by Gasteiger charge is 2.06. The number of carbonyl (C=O) groups excluding carboxylic acids is 1. The van der Waals surface area contributed by atoms with Gasteiger partial charge < -0.3 is 4.98 Å². The third kappa shape index (κ3) is 1.53. The number of aromatic amines is 1. The van der Waals surface area contributed by atoms with Crippen LogP contribution in [0.3, 0.4) is 0 Å². The predicted molar refractivity (Wildman–Crippen MR) is 44.0 cm³/mol. The van der Waals surface area contributed by atoms with Crippen LogP contribution in [0.5, 0.6) is 0 Å². The minimum absolute atomic E-state index is 0.165. The molecular formula is C7H6N4O. The van der Waals surface area contributed by atoms with Crippen molar-refractivity contribution in [3.8, 4) is 0 Å². The van der Waals surface area contributed by atoms with Crippen LogP contribution in [-0.4, -0.2) is 10.9 Å². The standard InChI is InChI=1S/C7H6N4O/c1-5(7(12)10-11-8)6-3-2-4-9-6/h2-4,9H,1H2. The number of nitrogens with one attached hydrogen (secondary N) is 1. The summed E-state index contributed by atoms with van der Waals surface area (Å²) in [5, 5.41) is 2.90. The second kappa shape index (κ2) is 3.41. The molecule has 1 N–H and O–H groups in total. The molecule has 1 aromatic rings. The fraction of sp³-hybridized carbons (Fsp3) is 0. The Morgan fingerprint density at radius 1 is 1.75 bits per heavy atom. The van der Waals surface area contributed by atoms with Crippen LogP contribution in [0.4, 0.5) is 0 Å². The molecule has 60 valence electrons. The molecule has 0 atom stereocenters. The van der Waals surface area contributed by atoms with Crippen molar-refractivity contribution in [3.05, 3.63) is 41.0 Å². The fourth-order valence-corrected chi connectivity index (χ4v) is 0.734. The molecule has 5 nitrogen and oxygen atoms in total. The van der Waals surface area contributed by atoms with Gasteiger partial charge in [0.1, 0.15) is 0 Å². The van der Waals surface area contributed by atoms with E-state index in [1.165, 1.54) is 0 Å². The first-order chi connectivity index (χ1) is 5.75. The second-order valence-corrected chi connectivity index (χ2v) is 2.06. The van der Waals surface area contributed by atoms with Crippen molar-refractivity contribution in [1.82, 2.24) is 4.98 Å². The zero-order valence-electron chi connectivity index (χ0n) is 6.19. The van der Waals surface area contributed by atoms with E-state index in [1.54, 1.807) is 18.3 Å². The van der Waals surface area contributed by atoms with Crippen LogP contribution in [0.1, 0.15) is 5.69 Å². The van der Waals surface area contributed by atoms with Gasteiger partial charge in [0, 0.05) is 22.4 Å². The molecule has 1 heterocycles. The number of amides is 1. The van der Waals surface area contributed by atoms with E-state index in [0.717, 1.165) is 0 Å². The van der Waals surface area contributed by atoms with Crippen molar-refractivity contribution in [1.29, 1.82) is 0 Å². The van der Waals surface area contributed by atoms with E-state index in [-0.39, 0.29) is 5.57 Å². The molecule has 12 heavy (non-hydrogen) atoms. The maximum atomic E-state index is 10.9. The Morgan fingerprint density at radius 3 is 3.00 bits per heavy atom. The number of carbonyl (C=O) groups is 1. The smallest absolute Gasteiger partial charge is 0.250 e. The summed E-state index contributed by atoms with van der Waals surface area (Å²) in [7, 11) is 0. The van der Waals surface area contributed by atoms with E-state index in [9.17, 15) is 4.79 Å². The Labute approximate surface area is 68.3 Å². The minimum Gasteiger partial charge on any atom is -0.361 e. The largest absolute Gasteiger partial charge is 0.361 e. The van der Waals surface area contributed by atoms with Gasteiger partial charge in [0.25, 0.3) is 5.91 Å². The molecule has 0 spiro atoms. The molecule has 1 amide bonds. The van der Waals surface area contributed by atoms with E-state index in [0.29, 0.717) is 5.69 Å². The molecule has 0 aliphatic carbocycles. The van der Waals surface area contributed by atoms with E-state index < -0.39 is 5.91 Å². The SMILES string of the molecule is C=C(C(=O)N=[N+]=[N-])c1ccc[nH]1. The van der Waals surface area contributed by atoms with Crippen molar-refractivity contribution < 1.29 is 4.79 Å². The van der Waals surface area contributed by atoms with Gasteiger partial charge in [-0.15, -0.1) is 0 Å². The van der Waals surface area contributed by atoms with Gasteiger partial charge in [0.15, 0.2) is 0 Å². The third-order valence-electron chi connectivity index (χ3n) is 1.32. The number of hydrogen-bond acceptors (Lipinski definition) is 1. The van der Waals surface area contributed by atoms with Crippen molar-refractivity contribution in [2.45, 2.75) is 0 Å². The van der Waals surface area contributed by atoms with E-state index in [1.807, 2.05) is 0 Å². The van der Waals surface area contributed by atoms with E-state index >= 15 is 0 Å². The Morgan fingerprint density at radius 2 is 2.50 bits per heavy atom. The molecule has 0 aromatic carbocycles. The molecule has 5 heteroatoms. The number of nitrogens with zero attached hydrogens (tertiary/aromatic N) is 3. The van der Waals surface area contributed by atoms with Crippen LogP contribution < -0.4 is 0 Å². The fourth-order valence-electron chi connectivity index (χ4n) is 0.734. The first-order valence-electron chi connectivity index (χ1n) is 3.18. The Balaban J connectivity index is 2.86. The minimum atomic E-state index is -0.667. The average Bonchev–Trinajstić information content (AvgIpc) is 2.55. The van der Waals surface area contributed by atoms with Gasteiger partial charge in [-0.05, 0) is 22.8 Å². The zero-order valence-corrected chi connectivity index (χ0v) is 6.19. The number of rotatable bonds is 2. The molecule has 0 unspecified atom stereocenters. The van der Waals surface area contributed by atoms with Gasteiger partial charge in [0.05, 0.1) is 0 Å². The van der Waals surface area contributed by atoms with Gasteiger partial charge in [-0.1, -0.05) is 6.58 Å². The second-order valence-electron chi connectivity index (χ2n) is 2.06. The van der Waals surface area contributed by atoms with Crippen LogP contribution in [0.2, 0.25) is 0 Å². The van der Waals surface area contributed by atoms with Crippen molar-refractivity contribution >= 4 is 11.5 Å². The van der Waals surface area contributed by atoms with Crippen LogP contribution in [0.15, 0.2) is 30.0 Å². The highest BCUT2D eigenvalue weighted by molar-refractivity contribution is 6.18. The monoisotopic (exact) mass is 162 g/mol. The molecule has 0 saturated heterocycles. The summed E-state index contributed by atoms with van der Waals surface area (Å²) >= 11 is 0. The molecule has 0 aliphatic rings. The van der Waals surface area contributed by atoms with Gasteiger partial charge in [-0.25, -0.2) is 0 Å². The van der Waals surface area contributed by atoms with E-state index in [2.05, 4.69) is 21.6 Å². The van der Waals surface area contributed by atoms with Gasteiger partial charge in [-0.3, -0.25) is 4.79 Å². The lowest BCUT2D eigenvalue weighted by Gasteiger charge is -1.94. The Kier molecular flexibility index (Phi) is 2.30. The number of azide groups is 1. The molecule has 0 bridgehead atoms. The summed E-state index contributed by atoms with van der Waals surface area (Å²) in [6.45, 7) is 3.47. The number of hydrogen-bond donors (Lipinski definition) is 1. The van der Waals surface area contributed by atoms with Crippen molar-refractivity contribution in [2.75, 3.05) is 0 Å². The number of H-pyrrole nitrogens is 1. The predicted octanol–water partition coefficient (Wildman–Crippen LogP) is 1.86. The van der Waals surface area contributed by atoms with Crippen molar-refractivity contribution in [2.24, 2.45) is 5.11 Å². The molecule has 0 aliphatic heterocycles. The molecule has 1 rings (SSSR count). The lowest BCUT2D eigenvalue weighted by Crippen LogP contribution is -1.94. The summed E-state index contributed by atoms with van der Waals surface area (Å²) < 4.78 is 0. The van der Waals surface area contributed by atoms with Gasteiger partial charge in [0.2, 0.25) is 0 Å². The highest BCUT2D eigenvalue weighted by atomic mass is 16.1. The lowest BCUT2D eigenvalue weighted by atomic mass is 10.2. The lowest BCUT2D eigenvalue weighted by molar-refractivity contribution is -0.112. The molecule has 1 aromatic heterocycles. The van der Waals surface area contributed by atoms with Gasteiger partial charge in [-0.2, -0.15) is 0 Å². The molecule has 0 saturated carbocycles. The van der Waals surface area contributed by atoms with Crippen molar-refractivity contribution in [3.63, 3.8) is 0 Å². The van der Waals surface area contributed by atoms with Crippen LogP contribution in [-0.2, 0) is 4.79 Å². The van der Waals surface area contributed by atoms with Crippen LogP contribution in [0.25, 0.3) is 16.0 Å². The van der Waals surface area contributed by atoms with Crippen LogP contribution in [0, 0.1) is 0 Å². The molecule has 0 fully saturated rings. The molecular weight excluding hydrogens is 156 g/mol. The first-order valence-corrected chi connectivity index (χ1v) is 3.18. The van der Waals surface area contributed by atoms with Crippen LogP contribution >= 0.6 is 0 Å². The maximum Gasteiger partial charge on any atom is 0.250 e. The normalized spacial score (nSPS) is 8.67. The Hall–Kier alpha value is -2.00. The highest BCUT2D eigenvalue weighted by Crippen LogP contribution is 2.10. The quantitative estimate of drug-likeness (QED) is 0.306. The maximum absolute atomic E-state index is 10.9. The van der Waals surface area contributed by atoms with Gasteiger partial charge >= 0.3 is 0 Å². The first kappa shape index (κ1) is 8.10. The summed E-state index contributed by atoms with van der Waals surface area (Å²) in [5.74, 6) is -0.667. The summed E-state index contributed by atoms with van der Waals surface area (Å²) in [4.78, 5) is 16.0. The zero-order chi connectivity index (χ0) is 8.97.